The van der Waals surface area contributed by atoms with Gasteiger partial charge in [0.15, 0.2) is 0 Å². The molecule has 0 unspecified atom stereocenters. The van der Waals surface area contributed by atoms with Gasteiger partial charge < -0.3 is 19.1 Å². The van der Waals surface area contributed by atoms with Crippen LogP contribution in [0.15, 0.2) is 0 Å². The van der Waals surface area contributed by atoms with Crippen molar-refractivity contribution in [1.82, 2.24) is 9.80 Å². The van der Waals surface area contributed by atoms with Gasteiger partial charge in [-0.15, -0.1) is 0 Å². The Hall–Kier alpha value is -1.34. The molecule has 0 aromatic carbocycles. The molecule has 2 rings (SSSR count). The molecule has 2 saturated heterocycles. The summed E-state index contributed by atoms with van der Waals surface area (Å²) in [5.41, 5.74) is -0.441. The number of nitrogens with zero attached hydrogens (tertiary/aromatic N) is 2. The van der Waals surface area contributed by atoms with Crippen molar-refractivity contribution in [3.63, 3.8) is 0 Å². The topological polar surface area (TPSA) is 68.3 Å². The van der Waals surface area contributed by atoms with Gasteiger partial charge in [0.2, 0.25) is 0 Å². The van der Waals surface area contributed by atoms with Crippen LogP contribution >= 0.6 is 0 Å². The molecule has 2 aliphatic heterocycles. The second kappa shape index (κ2) is 7.49. The third-order valence-electron chi connectivity index (χ3n) is 3.79. The lowest BCUT2D eigenvalue weighted by molar-refractivity contribution is -0.155. The largest absolute Gasteiger partial charge is 0.464 e. The standard InChI is InChI=1S/C16H28N2O5/c1-5-21-14(19)11-22-13-9-17(10-13)6-12-7-18(8-12)15(20)23-16(2,3)4/h12-13H,5-11H2,1-4H3. The maximum Gasteiger partial charge on any atom is 0.410 e. The number of hydrogen-bond donors (Lipinski definition) is 0. The molecule has 0 aliphatic carbocycles. The van der Waals surface area contributed by atoms with Crippen LogP contribution in [0.5, 0.6) is 0 Å². The third kappa shape index (κ3) is 5.66. The summed E-state index contributed by atoms with van der Waals surface area (Å²) in [4.78, 5) is 27.1. The lowest BCUT2D eigenvalue weighted by Gasteiger charge is -2.46. The van der Waals surface area contributed by atoms with E-state index in [4.69, 9.17) is 14.2 Å². The van der Waals surface area contributed by atoms with Crippen molar-refractivity contribution in [3.05, 3.63) is 0 Å². The first-order valence-electron chi connectivity index (χ1n) is 8.24. The zero-order chi connectivity index (χ0) is 17.0. The molecule has 7 nitrogen and oxygen atoms in total. The first-order chi connectivity index (χ1) is 10.8. The van der Waals surface area contributed by atoms with E-state index in [-0.39, 0.29) is 24.8 Å². The summed E-state index contributed by atoms with van der Waals surface area (Å²) in [6.07, 6.45) is -0.116. The second-order valence-corrected chi connectivity index (χ2v) is 7.21. The fraction of sp³-hybridized carbons (Fsp3) is 0.875. The Morgan fingerprint density at radius 1 is 1.13 bits per heavy atom. The Balaban J connectivity index is 1.53. The van der Waals surface area contributed by atoms with Crippen molar-refractivity contribution < 1.29 is 23.8 Å². The molecular formula is C16H28N2O5. The lowest BCUT2D eigenvalue weighted by atomic mass is 9.98. The van der Waals surface area contributed by atoms with Crippen LogP contribution in [-0.4, -0.2) is 79.5 Å². The molecule has 0 saturated carbocycles. The molecule has 2 fully saturated rings. The number of amides is 1. The smallest absolute Gasteiger partial charge is 0.410 e. The van der Waals surface area contributed by atoms with Crippen molar-refractivity contribution in [1.29, 1.82) is 0 Å². The molecule has 132 valence electrons. The predicted octanol–water partition coefficient (Wildman–Crippen LogP) is 1.12. The average molecular weight is 328 g/mol. The molecule has 1 amide bonds. The fourth-order valence-corrected chi connectivity index (χ4v) is 2.69. The highest BCUT2D eigenvalue weighted by molar-refractivity contribution is 5.70. The van der Waals surface area contributed by atoms with Crippen LogP contribution in [0.2, 0.25) is 0 Å². The molecule has 0 spiro atoms. The highest BCUT2D eigenvalue weighted by Gasteiger charge is 2.37. The van der Waals surface area contributed by atoms with E-state index in [0.29, 0.717) is 12.5 Å². The molecule has 23 heavy (non-hydrogen) atoms. The van der Waals surface area contributed by atoms with Crippen molar-refractivity contribution in [2.75, 3.05) is 45.9 Å². The monoisotopic (exact) mass is 328 g/mol. The number of carbonyl (C=O) groups excluding carboxylic acids is 2. The van der Waals surface area contributed by atoms with Gasteiger partial charge in [0.25, 0.3) is 0 Å². The van der Waals surface area contributed by atoms with Crippen LogP contribution in [0, 0.1) is 5.92 Å². The van der Waals surface area contributed by atoms with Crippen LogP contribution in [0.3, 0.4) is 0 Å². The molecule has 0 N–H and O–H groups in total. The summed E-state index contributed by atoms with van der Waals surface area (Å²) in [6.45, 7) is 11.9. The van der Waals surface area contributed by atoms with Gasteiger partial charge in [-0.2, -0.15) is 0 Å². The molecule has 2 aliphatic rings. The summed E-state index contributed by atoms with van der Waals surface area (Å²) in [7, 11) is 0. The number of rotatable bonds is 6. The first kappa shape index (κ1) is 18.0. The summed E-state index contributed by atoms with van der Waals surface area (Å²) in [5, 5.41) is 0. The van der Waals surface area contributed by atoms with Gasteiger partial charge >= 0.3 is 12.1 Å². The van der Waals surface area contributed by atoms with Crippen molar-refractivity contribution in [3.8, 4) is 0 Å². The Morgan fingerprint density at radius 2 is 1.78 bits per heavy atom. The minimum Gasteiger partial charge on any atom is -0.464 e. The van der Waals surface area contributed by atoms with E-state index >= 15 is 0 Å². The number of hydrogen-bond acceptors (Lipinski definition) is 6. The van der Waals surface area contributed by atoms with Gasteiger partial charge in [-0.1, -0.05) is 0 Å². The minimum absolute atomic E-state index is 0.0300. The van der Waals surface area contributed by atoms with E-state index in [9.17, 15) is 9.59 Å². The zero-order valence-electron chi connectivity index (χ0n) is 14.5. The van der Waals surface area contributed by atoms with E-state index < -0.39 is 5.60 Å². The van der Waals surface area contributed by atoms with Gasteiger partial charge in [-0.05, 0) is 27.7 Å². The SMILES string of the molecule is CCOC(=O)COC1CN(CC2CN(C(=O)OC(C)(C)C)C2)C1. The lowest BCUT2D eigenvalue weighted by Crippen LogP contribution is -2.60. The molecule has 2 heterocycles. The average Bonchev–Trinajstić information content (AvgIpc) is 2.31. The van der Waals surface area contributed by atoms with Crippen molar-refractivity contribution >= 4 is 12.1 Å². The molecule has 7 heteroatoms. The second-order valence-electron chi connectivity index (χ2n) is 7.21. The molecule has 0 atom stereocenters. The summed E-state index contributed by atoms with van der Waals surface area (Å²) in [6, 6.07) is 0. The van der Waals surface area contributed by atoms with Gasteiger partial charge in [0, 0.05) is 38.6 Å². The molecular weight excluding hydrogens is 300 g/mol. The highest BCUT2D eigenvalue weighted by Crippen LogP contribution is 2.23. The van der Waals surface area contributed by atoms with E-state index in [2.05, 4.69) is 4.90 Å². The Kier molecular flexibility index (Phi) is 5.86. The predicted molar refractivity (Wildman–Crippen MR) is 84.1 cm³/mol. The van der Waals surface area contributed by atoms with Crippen LogP contribution in [0.4, 0.5) is 4.79 Å². The van der Waals surface area contributed by atoms with Crippen LogP contribution < -0.4 is 0 Å². The van der Waals surface area contributed by atoms with Gasteiger partial charge in [0.05, 0.1) is 12.7 Å². The van der Waals surface area contributed by atoms with Crippen LogP contribution in [-0.2, 0) is 19.0 Å². The minimum atomic E-state index is -0.441. The Bertz CT molecular complexity index is 423. The number of carbonyl (C=O) groups is 2. The number of esters is 1. The van der Waals surface area contributed by atoms with Gasteiger partial charge in [-0.25, -0.2) is 9.59 Å². The fourth-order valence-electron chi connectivity index (χ4n) is 2.69. The van der Waals surface area contributed by atoms with E-state index in [1.165, 1.54) is 0 Å². The van der Waals surface area contributed by atoms with Gasteiger partial charge in [-0.3, -0.25) is 4.90 Å². The first-order valence-corrected chi connectivity index (χ1v) is 8.24. The summed E-state index contributed by atoms with van der Waals surface area (Å²) < 4.78 is 15.6. The van der Waals surface area contributed by atoms with E-state index in [1.54, 1.807) is 11.8 Å². The normalized spacial score (nSPS) is 19.9. The van der Waals surface area contributed by atoms with E-state index in [0.717, 1.165) is 32.7 Å². The summed E-state index contributed by atoms with van der Waals surface area (Å²) in [5.74, 6) is 0.187. The van der Waals surface area contributed by atoms with E-state index in [1.807, 2.05) is 20.8 Å². The third-order valence-corrected chi connectivity index (χ3v) is 3.79. The van der Waals surface area contributed by atoms with Crippen molar-refractivity contribution in [2.45, 2.75) is 39.4 Å². The molecule has 0 aromatic rings. The maximum atomic E-state index is 11.8. The number of ether oxygens (including phenoxy) is 3. The van der Waals surface area contributed by atoms with Crippen LogP contribution in [0.1, 0.15) is 27.7 Å². The summed E-state index contributed by atoms with van der Waals surface area (Å²) >= 11 is 0. The quantitative estimate of drug-likeness (QED) is 0.681. The molecule has 0 bridgehead atoms. The number of likely N-dealkylation sites (tertiary alicyclic amines) is 2. The van der Waals surface area contributed by atoms with Crippen LogP contribution in [0.25, 0.3) is 0 Å². The van der Waals surface area contributed by atoms with Crippen molar-refractivity contribution in [2.24, 2.45) is 5.92 Å². The Labute approximate surface area is 137 Å². The molecule has 0 aromatic heterocycles. The maximum absolute atomic E-state index is 11.8. The Morgan fingerprint density at radius 3 is 2.35 bits per heavy atom. The molecule has 0 radical (unpaired) electrons. The highest BCUT2D eigenvalue weighted by atomic mass is 16.6. The zero-order valence-corrected chi connectivity index (χ0v) is 14.5. The van der Waals surface area contributed by atoms with Gasteiger partial charge in [0.1, 0.15) is 12.2 Å².